The number of hydrogen-bond acceptors (Lipinski definition) is 3. The van der Waals surface area contributed by atoms with Crippen molar-refractivity contribution in [1.29, 1.82) is 0 Å². The van der Waals surface area contributed by atoms with Crippen LogP contribution in [0.4, 0.5) is 18.9 Å². The minimum Gasteiger partial charge on any atom is -0.369 e. The summed E-state index contributed by atoms with van der Waals surface area (Å²) in [7, 11) is 0. The van der Waals surface area contributed by atoms with Crippen LogP contribution in [0, 0.1) is 0 Å². The Labute approximate surface area is 155 Å². The molecule has 0 radical (unpaired) electrons. The van der Waals surface area contributed by atoms with Crippen LogP contribution in [0.15, 0.2) is 48.5 Å². The Morgan fingerprint density at radius 2 is 1.69 bits per heavy atom. The Kier molecular flexibility index (Phi) is 5.53. The van der Waals surface area contributed by atoms with E-state index in [9.17, 15) is 18.0 Å². The highest BCUT2D eigenvalue weighted by atomic mass is 35.5. The number of halogens is 4. The van der Waals surface area contributed by atoms with Crippen molar-refractivity contribution in [1.82, 2.24) is 4.90 Å². The van der Waals surface area contributed by atoms with Gasteiger partial charge in [-0.15, -0.1) is 0 Å². The van der Waals surface area contributed by atoms with Crippen molar-refractivity contribution in [2.45, 2.75) is 6.18 Å². The van der Waals surface area contributed by atoms with Crippen LogP contribution in [0.1, 0.15) is 15.9 Å². The van der Waals surface area contributed by atoms with Crippen molar-refractivity contribution in [3.8, 4) is 0 Å². The summed E-state index contributed by atoms with van der Waals surface area (Å²) in [6, 6.07) is 12.3. The number of alkyl halides is 3. The predicted molar refractivity (Wildman–Crippen MR) is 95.9 cm³/mol. The molecule has 0 amide bonds. The number of rotatable bonds is 4. The van der Waals surface area contributed by atoms with E-state index in [2.05, 4.69) is 0 Å². The Hall–Kier alpha value is -2.05. The van der Waals surface area contributed by atoms with E-state index in [1.807, 2.05) is 9.80 Å². The second kappa shape index (κ2) is 7.68. The van der Waals surface area contributed by atoms with Gasteiger partial charge in [-0.05, 0) is 30.3 Å². The Balaban J connectivity index is 1.60. The molecule has 26 heavy (non-hydrogen) atoms. The zero-order valence-corrected chi connectivity index (χ0v) is 14.7. The van der Waals surface area contributed by atoms with Gasteiger partial charge in [0.05, 0.1) is 17.1 Å². The van der Waals surface area contributed by atoms with Crippen LogP contribution in [0.25, 0.3) is 0 Å². The molecule has 3 nitrogen and oxygen atoms in total. The lowest BCUT2D eigenvalue weighted by Gasteiger charge is -2.36. The van der Waals surface area contributed by atoms with Crippen molar-refractivity contribution < 1.29 is 18.0 Å². The van der Waals surface area contributed by atoms with Gasteiger partial charge < -0.3 is 4.90 Å². The summed E-state index contributed by atoms with van der Waals surface area (Å²) >= 11 is 6.05. The second-order valence-electron chi connectivity index (χ2n) is 6.21. The number of hydrogen-bond donors (Lipinski definition) is 0. The van der Waals surface area contributed by atoms with Crippen molar-refractivity contribution >= 4 is 23.1 Å². The van der Waals surface area contributed by atoms with E-state index < -0.39 is 11.7 Å². The average Bonchev–Trinajstić information content (AvgIpc) is 2.62. The molecule has 3 rings (SSSR count). The zero-order chi connectivity index (χ0) is 18.7. The molecule has 1 fully saturated rings. The first-order chi connectivity index (χ1) is 12.3. The summed E-state index contributed by atoms with van der Waals surface area (Å²) in [6.45, 7) is 2.59. The van der Waals surface area contributed by atoms with Gasteiger partial charge in [0.1, 0.15) is 0 Å². The molecule has 0 aromatic heterocycles. The molecule has 0 aliphatic carbocycles. The van der Waals surface area contributed by atoms with Crippen molar-refractivity contribution in [2.24, 2.45) is 0 Å². The fourth-order valence-electron chi connectivity index (χ4n) is 3.02. The van der Waals surface area contributed by atoms with E-state index in [-0.39, 0.29) is 12.3 Å². The van der Waals surface area contributed by atoms with Gasteiger partial charge >= 0.3 is 6.18 Å². The highest BCUT2D eigenvalue weighted by Gasteiger charge is 2.31. The molecule has 1 aliphatic heterocycles. The van der Waals surface area contributed by atoms with Crippen molar-refractivity contribution in [2.75, 3.05) is 37.6 Å². The second-order valence-corrected chi connectivity index (χ2v) is 6.62. The van der Waals surface area contributed by atoms with Crippen LogP contribution in [-0.4, -0.2) is 43.4 Å². The fraction of sp³-hybridized carbons (Fsp3) is 0.316. The molecule has 0 N–H and O–H groups in total. The summed E-state index contributed by atoms with van der Waals surface area (Å²) in [6.07, 6.45) is -4.35. The Morgan fingerprint density at radius 3 is 2.35 bits per heavy atom. The van der Waals surface area contributed by atoms with Gasteiger partial charge in [-0.25, -0.2) is 0 Å². The number of nitrogens with zero attached hydrogens (tertiary/aromatic N) is 2. The van der Waals surface area contributed by atoms with Crippen LogP contribution >= 0.6 is 11.6 Å². The number of carbonyl (C=O) groups is 1. The van der Waals surface area contributed by atoms with Gasteiger partial charge in [-0.2, -0.15) is 13.2 Å². The molecule has 1 saturated heterocycles. The van der Waals surface area contributed by atoms with Gasteiger partial charge in [0, 0.05) is 37.4 Å². The fourth-order valence-corrected chi connectivity index (χ4v) is 3.26. The van der Waals surface area contributed by atoms with Crippen LogP contribution in [0.5, 0.6) is 0 Å². The van der Waals surface area contributed by atoms with Crippen LogP contribution in [0.2, 0.25) is 5.02 Å². The van der Waals surface area contributed by atoms with Gasteiger partial charge in [-0.3, -0.25) is 9.69 Å². The molecule has 1 aliphatic rings. The molecule has 1 heterocycles. The lowest BCUT2D eigenvalue weighted by Crippen LogP contribution is -2.48. The minimum atomic E-state index is -4.35. The third-order valence-electron chi connectivity index (χ3n) is 4.45. The van der Waals surface area contributed by atoms with Gasteiger partial charge in [0.25, 0.3) is 0 Å². The summed E-state index contributed by atoms with van der Waals surface area (Å²) in [5, 5.41) is 0.431. The van der Waals surface area contributed by atoms with Crippen molar-refractivity contribution in [3.63, 3.8) is 0 Å². The predicted octanol–water partition coefficient (Wildman–Crippen LogP) is 4.36. The molecule has 0 atom stereocenters. The summed E-state index contributed by atoms with van der Waals surface area (Å²) < 4.78 is 38.6. The number of piperazine rings is 1. The van der Waals surface area contributed by atoms with E-state index in [0.29, 0.717) is 42.5 Å². The summed E-state index contributed by atoms with van der Waals surface area (Å²) in [5.74, 6) is -0.0527. The first-order valence-electron chi connectivity index (χ1n) is 8.27. The summed E-state index contributed by atoms with van der Waals surface area (Å²) in [4.78, 5) is 16.3. The smallest absolute Gasteiger partial charge is 0.369 e. The third kappa shape index (κ3) is 4.37. The number of benzene rings is 2. The van der Waals surface area contributed by atoms with Gasteiger partial charge in [0.15, 0.2) is 5.78 Å². The van der Waals surface area contributed by atoms with Crippen molar-refractivity contribution in [3.05, 3.63) is 64.7 Å². The molecule has 138 valence electrons. The van der Waals surface area contributed by atoms with E-state index in [0.717, 1.165) is 6.07 Å². The molecule has 2 aromatic carbocycles. The highest BCUT2D eigenvalue weighted by molar-refractivity contribution is 6.34. The van der Waals surface area contributed by atoms with Crippen LogP contribution in [0.3, 0.4) is 0 Å². The SMILES string of the molecule is O=C(CN1CCN(c2cccc(C(F)(F)F)c2)CC1)c1ccccc1Cl. The molecule has 0 spiro atoms. The Morgan fingerprint density at radius 1 is 1.00 bits per heavy atom. The monoisotopic (exact) mass is 382 g/mol. The lowest BCUT2D eigenvalue weighted by molar-refractivity contribution is -0.137. The number of Topliss-reactive ketones (excluding diaryl/α,β-unsaturated/α-hetero) is 1. The Bertz CT molecular complexity index is 786. The molecular weight excluding hydrogens is 365 g/mol. The van der Waals surface area contributed by atoms with E-state index in [1.165, 1.54) is 12.1 Å². The summed E-state index contributed by atoms with van der Waals surface area (Å²) in [5.41, 5.74) is 0.401. The van der Waals surface area contributed by atoms with E-state index in [4.69, 9.17) is 11.6 Å². The zero-order valence-electron chi connectivity index (χ0n) is 14.0. The molecular formula is C19H18ClF3N2O. The normalized spacial score (nSPS) is 15.9. The largest absolute Gasteiger partial charge is 0.416 e. The average molecular weight is 383 g/mol. The van der Waals surface area contributed by atoms with Gasteiger partial charge in [-0.1, -0.05) is 29.8 Å². The van der Waals surface area contributed by atoms with E-state index in [1.54, 1.807) is 30.3 Å². The first-order valence-corrected chi connectivity index (χ1v) is 8.65. The third-order valence-corrected chi connectivity index (χ3v) is 4.78. The number of anilines is 1. The quantitative estimate of drug-likeness (QED) is 0.734. The molecule has 7 heteroatoms. The standard InChI is InChI=1S/C19H18ClF3N2O/c20-17-7-2-1-6-16(17)18(26)13-24-8-10-25(11-9-24)15-5-3-4-14(12-15)19(21,22)23/h1-7,12H,8-11,13H2. The maximum Gasteiger partial charge on any atom is 0.416 e. The molecule has 2 aromatic rings. The minimum absolute atomic E-state index is 0.0527. The molecule has 0 bridgehead atoms. The lowest BCUT2D eigenvalue weighted by atomic mass is 10.1. The van der Waals surface area contributed by atoms with Crippen LogP contribution in [-0.2, 0) is 6.18 Å². The van der Waals surface area contributed by atoms with E-state index >= 15 is 0 Å². The maximum atomic E-state index is 12.9. The molecule has 0 saturated carbocycles. The van der Waals surface area contributed by atoms with Gasteiger partial charge in [0.2, 0.25) is 0 Å². The highest BCUT2D eigenvalue weighted by Crippen LogP contribution is 2.31. The maximum absolute atomic E-state index is 12.9. The first kappa shape index (κ1) is 18.7. The number of carbonyl (C=O) groups excluding carboxylic acids is 1. The molecule has 0 unspecified atom stereocenters. The number of ketones is 1. The van der Waals surface area contributed by atoms with Crippen LogP contribution < -0.4 is 4.90 Å². The topological polar surface area (TPSA) is 23.6 Å².